The van der Waals surface area contributed by atoms with Crippen molar-refractivity contribution < 1.29 is 19.1 Å². The van der Waals surface area contributed by atoms with Gasteiger partial charge in [0, 0.05) is 6.04 Å². The first kappa shape index (κ1) is 18.3. The van der Waals surface area contributed by atoms with Gasteiger partial charge in [-0.25, -0.2) is 4.79 Å². The number of halogens is 2. The molecule has 0 heterocycles. The second kappa shape index (κ2) is 8.60. The molecule has 0 atom stereocenters. The van der Waals surface area contributed by atoms with E-state index in [-0.39, 0.29) is 12.5 Å². The molecule has 0 unspecified atom stereocenters. The number of amides is 3. The second-order valence-electron chi connectivity index (χ2n) is 4.76. The fourth-order valence-electron chi connectivity index (χ4n) is 1.47. The van der Waals surface area contributed by atoms with Crippen LogP contribution in [0.4, 0.5) is 4.79 Å². The summed E-state index contributed by atoms with van der Waals surface area (Å²) in [6, 6.07) is 3.99. The molecule has 0 aliphatic heterocycles. The molecule has 2 N–H and O–H groups in total. The molecular formula is C14H16Cl2N2O4. The number of ether oxygens (including phenoxy) is 1. The van der Waals surface area contributed by atoms with Crippen molar-refractivity contribution in [1.82, 2.24) is 10.6 Å². The molecule has 0 bridgehead atoms. The number of benzene rings is 1. The Morgan fingerprint density at radius 2 is 1.86 bits per heavy atom. The van der Waals surface area contributed by atoms with Crippen molar-refractivity contribution in [3.63, 3.8) is 0 Å². The highest BCUT2D eigenvalue weighted by Gasteiger charge is 2.12. The van der Waals surface area contributed by atoms with Crippen LogP contribution in [-0.4, -0.2) is 30.6 Å². The van der Waals surface area contributed by atoms with Crippen LogP contribution in [0, 0.1) is 0 Å². The minimum atomic E-state index is -0.708. The Kier molecular flexibility index (Phi) is 7.14. The number of hydrogen-bond donors (Lipinski definition) is 2. The Morgan fingerprint density at radius 1 is 1.18 bits per heavy atom. The number of carbonyl (C=O) groups is 3. The predicted molar refractivity (Wildman–Crippen MR) is 82.9 cm³/mol. The molecule has 1 aromatic rings. The van der Waals surface area contributed by atoms with Crippen molar-refractivity contribution >= 4 is 41.1 Å². The second-order valence-corrected chi connectivity index (χ2v) is 5.58. The van der Waals surface area contributed by atoms with Crippen molar-refractivity contribution in [2.75, 3.05) is 6.61 Å². The van der Waals surface area contributed by atoms with Crippen molar-refractivity contribution in [1.29, 1.82) is 0 Å². The highest BCUT2D eigenvalue weighted by Crippen LogP contribution is 2.22. The SMILES string of the molecule is CC(C)NC(=O)NC(=O)COC(=O)Cc1ccc(Cl)c(Cl)c1. The zero-order chi connectivity index (χ0) is 16.7. The predicted octanol–water partition coefficient (Wildman–Crippen LogP) is 2.31. The lowest BCUT2D eigenvalue weighted by atomic mass is 10.1. The molecule has 0 aliphatic carbocycles. The number of carbonyl (C=O) groups excluding carboxylic acids is 3. The monoisotopic (exact) mass is 346 g/mol. The summed E-state index contributed by atoms with van der Waals surface area (Å²) in [5.74, 6) is -1.32. The van der Waals surface area contributed by atoms with E-state index in [0.29, 0.717) is 15.6 Å². The molecule has 120 valence electrons. The van der Waals surface area contributed by atoms with Crippen molar-refractivity contribution in [2.24, 2.45) is 0 Å². The summed E-state index contributed by atoms with van der Waals surface area (Å²) < 4.78 is 4.78. The third-order valence-corrected chi connectivity index (χ3v) is 3.11. The van der Waals surface area contributed by atoms with Crippen LogP contribution in [0.25, 0.3) is 0 Å². The number of hydrogen-bond acceptors (Lipinski definition) is 4. The van der Waals surface area contributed by atoms with Crippen LogP contribution in [0.2, 0.25) is 10.0 Å². The minimum Gasteiger partial charge on any atom is -0.455 e. The Hall–Kier alpha value is -1.79. The molecule has 1 rings (SSSR count). The summed E-state index contributed by atoms with van der Waals surface area (Å²) in [4.78, 5) is 34.3. The lowest BCUT2D eigenvalue weighted by molar-refractivity contribution is -0.147. The molecule has 22 heavy (non-hydrogen) atoms. The molecule has 0 aliphatic rings. The maximum absolute atomic E-state index is 11.6. The van der Waals surface area contributed by atoms with Crippen molar-refractivity contribution in [2.45, 2.75) is 26.3 Å². The van der Waals surface area contributed by atoms with Gasteiger partial charge in [0.2, 0.25) is 0 Å². The van der Waals surface area contributed by atoms with Gasteiger partial charge in [-0.1, -0.05) is 29.3 Å². The zero-order valence-electron chi connectivity index (χ0n) is 12.1. The van der Waals surface area contributed by atoms with Gasteiger partial charge in [0.1, 0.15) is 0 Å². The van der Waals surface area contributed by atoms with Crippen LogP contribution < -0.4 is 10.6 Å². The maximum Gasteiger partial charge on any atom is 0.321 e. The molecule has 8 heteroatoms. The summed E-state index contributed by atoms with van der Waals surface area (Å²) in [5, 5.41) is 5.23. The van der Waals surface area contributed by atoms with Crippen LogP contribution in [0.15, 0.2) is 18.2 Å². The Balaban J connectivity index is 2.37. The summed E-state index contributed by atoms with van der Waals surface area (Å²) in [6.07, 6.45) is -0.0532. The third-order valence-electron chi connectivity index (χ3n) is 2.37. The molecule has 0 saturated heterocycles. The first-order valence-corrected chi connectivity index (χ1v) is 7.23. The Labute approximate surface area is 138 Å². The van der Waals surface area contributed by atoms with E-state index in [0.717, 1.165) is 0 Å². The van der Waals surface area contributed by atoms with E-state index >= 15 is 0 Å². The first-order chi connectivity index (χ1) is 10.3. The number of rotatable bonds is 5. The van der Waals surface area contributed by atoms with Gasteiger partial charge >= 0.3 is 12.0 Å². The van der Waals surface area contributed by atoms with Crippen molar-refractivity contribution in [3.8, 4) is 0 Å². The normalized spacial score (nSPS) is 10.2. The average molecular weight is 347 g/mol. The van der Waals surface area contributed by atoms with Gasteiger partial charge in [0.05, 0.1) is 16.5 Å². The Morgan fingerprint density at radius 3 is 2.45 bits per heavy atom. The van der Waals surface area contributed by atoms with E-state index in [9.17, 15) is 14.4 Å². The zero-order valence-corrected chi connectivity index (χ0v) is 13.6. The smallest absolute Gasteiger partial charge is 0.321 e. The van der Waals surface area contributed by atoms with Crippen LogP contribution in [0.5, 0.6) is 0 Å². The fourth-order valence-corrected chi connectivity index (χ4v) is 1.80. The molecule has 0 spiro atoms. The molecule has 0 fully saturated rings. The lowest BCUT2D eigenvalue weighted by Gasteiger charge is -2.09. The quantitative estimate of drug-likeness (QED) is 0.801. The van der Waals surface area contributed by atoms with E-state index in [2.05, 4.69) is 5.32 Å². The highest BCUT2D eigenvalue weighted by atomic mass is 35.5. The maximum atomic E-state index is 11.6. The fraction of sp³-hybridized carbons (Fsp3) is 0.357. The summed E-state index contributed by atoms with van der Waals surface area (Å²) in [5.41, 5.74) is 0.609. The van der Waals surface area contributed by atoms with Crippen LogP contribution >= 0.6 is 23.2 Å². The molecule has 3 amide bonds. The molecular weight excluding hydrogens is 331 g/mol. The van der Waals surface area contributed by atoms with E-state index in [4.69, 9.17) is 27.9 Å². The molecule has 6 nitrogen and oxygen atoms in total. The van der Waals surface area contributed by atoms with E-state index < -0.39 is 24.5 Å². The van der Waals surface area contributed by atoms with Crippen molar-refractivity contribution in [3.05, 3.63) is 33.8 Å². The van der Waals surface area contributed by atoms with Crippen LogP contribution in [0.3, 0.4) is 0 Å². The average Bonchev–Trinajstić information content (AvgIpc) is 2.39. The van der Waals surface area contributed by atoms with E-state index in [1.165, 1.54) is 0 Å². The van der Waals surface area contributed by atoms with E-state index in [1.54, 1.807) is 32.0 Å². The number of imide groups is 1. The summed E-state index contributed by atoms with van der Waals surface area (Å²) in [7, 11) is 0. The third kappa shape index (κ3) is 6.78. The summed E-state index contributed by atoms with van der Waals surface area (Å²) in [6.45, 7) is 2.97. The molecule has 0 saturated carbocycles. The number of esters is 1. The van der Waals surface area contributed by atoms with Gasteiger partial charge in [-0.3, -0.25) is 14.9 Å². The van der Waals surface area contributed by atoms with Gasteiger partial charge in [0.15, 0.2) is 6.61 Å². The standard InChI is InChI=1S/C14H16Cl2N2O4/c1-8(2)17-14(21)18-12(19)7-22-13(20)6-9-3-4-10(15)11(16)5-9/h3-5,8H,6-7H2,1-2H3,(H2,17,18,19,21). The highest BCUT2D eigenvalue weighted by molar-refractivity contribution is 6.42. The molecule has 0 aromatic heterocycles. The van der Waals surface area contributed by atoms with Crippen LogP contribution in [0.1, 0.15) is 19.4 Å². The lowest BCUT2D eigenvalue weighted by Crippen LogP contribution is -2.44. The van der Waals surface area contributed by atoms with Crippen LogP contribution in [-0.2, 0) is 20.7 Å². The van der Waals surface area contributed by atoms with Gasteiger partial charge < -0.3 is 10.1 Å². The number of nitrogens with one attached hydrogen (secondary N) is 2. The van der Waals surface area contributed by atoms with Gasteiger partial charge in [-0.05, 0) is 31.5 Å². The molecule has 0 radical (unpaired) electrons. The Bertz CT molecular complexity index is 576. The number of urea groups is 1. The minimum absolute atomic E-state index is 0.0532. The molecule has 1 aromatic carbocycles. The summed E-state index contributed by atoms with van der Waals surface area (Å²) >= 11 is 11.6. The topological polar surface area (TPSA) is 84.5 Å². The van der Waals surface area contributed by atoms with Gasteiger partial charge in [0.25, 0.3) is 5.91 Å². The first-order valence-electron chi connectivity index (χ1n) is 6.48. The van der Waals surface area contributed by atoms with Gasteiger partial charge in [-0.2, -0.15) is 0 Å². The van der Waals surface area contributed by atoms with E-state index in [1.807, 2.05) is 5.32 Å². The van der Waals surface area contributed by atoms with Gasteiger partial charge in [-0.15, -0.1) is 0 Å². The largest absolute Gasteiger partial charge is 0.455 e.